The van der Waals surface area contributed by atoms with Gasteiger partial charge in [0.25, 0.3) is 5.91 Å². The van der Waals surface area contributed by atoms with Crippen LogP contribution in [0.2, 0.25) is 0 Å². The fraction of sp³-hybridized carbons (Fsp3) is 0.259. The first kappa shape index (κ1) is 22.6. The van der Waals surface area contributed by atoms with Crippen molar-refractivity contribution in [2.75, 3.05) is 27.8 Å². The number of carbonyl (C=O) groups excluding carboxylic acids is 1. The lowest BCUT2D eigenvalue weighted by atomic mass is 9.98. The molecule has 0 saturated heterocycles. The van der Waals surface area contributed by atoms with E-state index in [1.165, 1.54) is 5.56 Å². The summed E-state index contributed by atoms with van der Waals surface area (Å²) < 4.78 is 10.9. The summed E-state index contributed by atoms with van der Waals surface area (Å²) in [7, 11) is 5.25. The molecule has 0 fully saturated rings. The Morgan fingerprint density at radius 3 is 2.36 bits per heavy atom. The molecule has 6 heteroatoms. The molecule has 170 valence electrons. The highest BCUT2D eigenvalue weighted by atomic mass is 16.5. The smallest absolute Gasteiger partial charge is 0.257 e. The first-order valence-corrected chi connectivity index (χ1v) is 11.0. The third-order valence-electron chi connectivity index (χ3n) is 5.78. The first-order chi connectivity index (χ1) is 16.1. The van der Waals surface area contributed by atoms with E-state index in [1.807, 2.05) is 78.7 Å². The van der Waals surface area contributed by atoms with E-state index >= 15 is 0 Å². The number of ether oxygens (including phenoxy) is 2. The summed E-state index contributed by atoms with van der Waals surface area (Å²) in [5.74, 6) is 1.49. The van der Waals surface area contributed by atoms with E-state index in [9.17, 15) is 4.79 Å². The van der Waals surface area contributed by atoms with Gasteiger partial charge in [-0.25, -0.2) is 5.01 Å². The van der Waals surface area contributed by atoms with Crippen LogP contribution in [0.25, 0.3) is 0 Å². The molecule has 0 radical (unpaired) electrons. The lowest BCUT2D eigenvalue weighted by Gasteiger charge is -2.25. The summed E-state index contributed by atoms with van der Waals surface area (Å²) in [6.45, 7) is 0.959. The second-order valence-electron chi connectivity index (χ2n) is 8.14. The fourth-order valence-electron chi connectivity index (χ4n) is 4.13. The van der Waals surface area contributed by atoms with Crippen molar-refractivity contribution in [3.63, 3.8) is 0 Å². The molecule has 6 nitrogen and oxygen atoms in total. The van der Waals surface area contributed by atoms with E-state index in [4.69, 9.17) is 14.6 Å². The number of benzene rings is 3. The van der Waals surface area contributed by atoms with E-state index < -0.39 is 0 Å². The number of carbonyl (C=O) groups is 1. The molecule has 0 aliphatic carbocycles. The van der Waals surface area contributed by atoms with Crippen LogP contribution in [0.3, 0.4) is 0 Å². The van der Waals surface area contributed by atoms with E-state index in [0.717, 1.165) is 28.3 Å². The Bertz CT molecular complexity index is 1110. The van der Waals surface area contributed by atoms with E-state index in [2.05, 4.69) is 12.1 Å². The third-order valence-corrected chi connectivity index (χ3v) is 5.78. The van der Waals surface area contributed by atoms with Gasteiger partial charge >= 0.3 is 0 Å². The average molecular weight is 444 g/mol. The SMILES string of the molecule is COc1ccc(C2CC(c3ccccc3OC)=NN2C(=O)CN(C)Cc2ccccc2)cc1. The molecule has 3 aromatic rings. The number of rotatable bonds is 8. The summed E-state index contributed by atoms with van der Waals surface area (Å²) in [6, 6.07) is 25.6. The van der Waals surface area contributed by atoms with Crippen molar-refractivity contribution in [2.24, 2.45) is 5.10 Å². The summed E-state index contributed by atoms with van der Waals surface area (Å²) in [5.41, 5.74) is 3.93. The van der Waals surface area contributed by atoms with Gasteiger partial charge in [-0.3, -0.25) is 9.69 Å². The zero-order chi connectivity index (χ0) is 23.2. The number of nitrogens with zero attached hydrogens (tertiary/aromatic N) is 3. The van der Waals surface area contributed by atoms with Crippen LogP contribution in [0.15, 0.2) is 84.0 Å². The normalized spacial score (nSPS) is 15.5. The minimum atomic E-state index is -0.187. The molecular formula is C27H29N3O3. The second kappa shape index (κ2) is 10.3. The molecule has 0 spiro atoms. The highest BCUT2D eigenvalue weighted by molar-refractivity contribution is 6.05. The molecule has 1 heterocycles. The zero-order valence-corrected chi connectivity index (χ0v) is 19.3. The molecule has 3 aromatic carbocycles. The summed E-state index contributed by atoms with van der Waals surface area (Å²) in [6.07, 6.45) is 0.612. The number of hydrazone groups is 1. The molecule has 4 rings (SSSR count). The monoisotopic (exact) mass is 443 g/mol. The maximum atomic E-state index is 13.4. The summed E-state index contributed by atoms with van der Waals surface area (Å²) in [4.78, 5) is 15.4. The number of amides is 1. The average Bonchev–Trinajstić information content (AvgIpc) is 3.30. The van der Waals surface area contributed by atoms with Crippen LogP contribution in [0.5, 0.6) is 11.5 Å². The van der Waals surface area contributed by atoms with Gasteiger partial charge in [0.15, 0.2) is 0 Å². The van der Waals surface area contributed by atoms with Crippen LogP contribution >= 0.6 is 0 Å². The maximum absolute atomic E-state index is 13.4. The predicted molar refractivity (Wildman–Crippen MR) is 130 cm³/mol. The highest BCUT2D eigenvalue weighted by Crippen LogP contribution is 2.35. The number of likely N-dealkylation sites (N-methyl/N-ethyl adjacent to an activating group) is 1. The lowest BCUT2D eigenvalue weighted by molar-refractivity contribution is -0.134. The van der Waals surface area contributed by atoms with Gasteiger partial charge in [0, 0.05) is 18.5 Å². The van der Waals surface area contributed by atoms with Crippen LogP contribution < -0.4 is 9.47 Å². The second-order valence-corrected chi connectivity index (χ2v) is 8.14. The Balaban J connectivity index is 1.59. The Labute approximate surface area is 195 Å². The van der Waals surface area contributed by atoms with Gasteiger partial charge in [0.05, 0.1) is 32.5 Å². The van der Waals surface area contributed by atoms with Gasteiger partial charge in [-0.05, 0) is 42.4 Å². The van der Waals surface area contributed by atoms with Crippen LogP contribution in [0.1, 0.15) is 29.2 Å². The largest absolute Gasteiger partial charge is 0.497 e. The van der Waals surface area contributed by atoms with Crippen molar-refractivity contribution in [3.05, 3.63) is 95.6 Å². The van der Waals surface area contributed by atoms with Gasteiger partial charge in [-0.15, -0.1) is 0 Å². The zero-order valence-electron chi connectivity index (χ0n) is 19.3. The van der Waals surface area contributed by atoms with Gasteiger partial charge in [-0.1, -0.05) is 54.6 Å². The fourth-order valence-corrected chi connectivity index (χ4v) is 4.13. The van der Waals surface area contributed by atoms with Crippen molar-refractivity contribution >= 4 is 11.6 Å². The van der Waals surface area contributed by atoms with Gasteiger partial charge in [0.2, 0.25) is 0 Å². The van der Waals surface area contributed by atoms with Crippen LogP contribution in [0.4, 0.5) is 0 Å². The molecule has 1 aliphatic heterocycles. The van der Waals surface area contributed by atoms with Crippen molar-refractivity contribution < 1.29 is 14.3 Å². The van der Waals surface area contributed by atoms with Crippen molar-refractivity contribution in [1.29, 1.82) is 0 Å². The number of methoxy groups -OCH3 is 2. The van der Waals surface area contributed by atoms with Crippen molar-refractivity contribution in [2.45, 2.75) is 19.0 Å². The van der Waals surface area contributed by atoms with Gasteiger partial charge in [0.1, 0.15) is 11.5 Å². The molecule has 1 amide bonds. The Morgan fingerprint density at radius 2 is 1.67 bits per heavy atom. The molecule has 1 unspecified atom stereocenters. The third kappa shape index (κ3) is 5.23. The first-order valence-electron chi connectivity index (χ1n) is 11.0. The van der Waals surface area contributed by atoms with Gasteiger partial charge in [-0.2, -0.15) is 5.10 Å². The van der Waals surface area contributed by atoms with Crippen molar-refractivity contribution in [1.82, 2.24) is 9.91 Å². The minimum Gasteiger partial charge on any atom is -0.497 e. The summed E-state index contributed by atoms with van der Waals surface area (Å²) >= 11 is 0. The quantitative estimate of drug-likeness (QED) is 0.514. The molecule has 0 aromatic heterocycles. The van der Waals surface area contributed by atoms with Crippen LogP contribution in [-0.4, -0.2) is 49.3 Å². The van der Waals surface area contributed by atoms with E-state index in [1.54, 1.807) is 19.2 Å². The maximum Gasteiger partial charge on any atom is 0.257 e. The van der Waals surface area contributed by atoms with Crippen LogP contribution in [-0.2, 0) is 11.3 Å². The molecule has 1 aliphatic rings. The summed E-state index contributed by atoms with van der Waals surface area (Å²) in [5, 5.41) is 6.42. The molecule has 0 N–H and O–H groups in total. The van der Waals surface area contributed by atoms with E-state index in [-0.39, 0.29) is 18.5 Å². The minimum absolute atomic E-state index is 0.0425. The molecule has 33 heavy (non-hydrogen) atoms. The Morgan fingerprint density at radius 1 is 0.970 bits per heavy atom. The Kier molecular flexibility index (Phi) is 7.05. The number of hydrogen-bond donors (Lipinski definition) is 0. The molecule has 1 atom stereocenters. The number of hydrogen-bond acceptors (Lipinski definition) is 5. The molecule has 0 bridgehead atoms. The molecule has 0 saturated carbocycles. The highest BCUT2D eigenvalue weighted by Gasteiger charge is 2.34. The standard InChI is InChI=1S/C27H29N3O3/c1-29(18-20-9-5-4-6-10-20)19-27(31)30-25(21-13-15-22(32-2)16-14-21)17-24(28-30)23-11-7-8-12-26(23)33-3/h4-16,25H,17-19H2,1-3H3. The topological polar surface area (TPSA) is 54.4 Å². The Hall–Kier alpha value is -3.64. The lowest BCUT2D eigenvalue weighted by Crippen LogP contribution is -2.36. The van der Waals surface area contributed by atoms with Crippen LogP contribution in [0, 0.1) is 0 Å². The molecular weight excluding hydrogens is 414 g/mol. The van der Waals surface area contributed by atoms with Crippen molar-refractivity contribution in [3.8, 4) is 11.5 Å². The van der Waals surface area contributed by atoms with E-state index in [0.29, 0.717) is 13.0 Å². The predicted octanol–water partition coefficient (Wildman–Crippen LogP) is 4.51. The van der Waals surface area contributed by atoms with Gasteiger partial charge < -0.3 is 9.47 Å². The number of para-hydroxylation sites is 1.